The van der Waals surface area contributed by atoms with Crippen LogP contribution in [-0.2, 0) is 12.7 Å². The van der Waals surface area contributed by atoms with Gasteiger partial charge in [0.1, 0.15) is 5.82 Å². The first-order valence-corrected chi connectivity index (χ1v) is 5.61. The molecular weight excluding hydrogens is 258 g/mol. The Morgan fingerprint density at radius 2 is 1.42 bits per heavy atom. The molecule has 0 saturated carbocycles. The molecule has 0 bridgehead atoms. The van der Waals surface area contributed by atoms with E-state index in [2.05, 4.69) is 5.32 Å². The molecule has 0 aliphatic carbocycles. The highest BCUT2D eigenvalue weighted by Crippen LogP contribution is 2.29. The molecule has 0 heterocycles. The van der Waals surface area contributed by atoms with Crippen LogP contribution in [0.5, 0.6) is 0 Å². The number of hydrogen-bond acceptors (Lipinski definition) is 1. The van der Waals surface area contributed by atoms with Crippen molar-refractivity contribution in [1.82, 2.24) is 0 Å². The minimum Gasteiger partial charge on any atom is -0.381 e. The summed E-state index contributed by atoms with van der Waals surface area (Å²) in [4.78, 5) is 0. The molecule has 2 rings (SSSR count). The van der Waals surface area contributed by atoms with E-state index in [1.807, 2.05) is 0 Å². The molecule has 100 valence electrons. The normalized spacial score (nSPS) is 11.4. The molecule has 0 fully saturated rings. The fourth-order valence-electron chi connectivity index (χ4n) is 1.58. The lowest BCUT2D eigenvalue weighted by molar-refractivity contribution is -0.137. The van der Waals surface area contributed by atoms with E-state index >= 15 is 0 Å². The van der Waals surface area contributed by atoms with E-state index in [1.165, 1.54) is 24.3 Å². The minimum atomic E-state index is -4.32. The summed E-state index contributed by atoms with van der Waals surface area (Å²) in [6, 6.07) is 10.7. The fraction of sp³-hybridized carbons (Fsp3) is 0.143. The number of hydrogen-bond donors (Lipinski definition) is 1. The standard InChI is InChI=1S/C14H11F4N/c15-12-5-7-13(8-6-12)19-9-10-1-3-11(4-2-10)14(16,17)18/h1-8,19H,9H2. The molecule has 0 saturated heterocycles. The van der Waals surface area contributed by atoms with Crippen molar-refractivity contribution in [2.75, 3.05) is 5.32 Å². The lowest BCUT2D eigenvalue weighted by Crippen LogP contribution is -2.05. The number of benzene rings is 2. The largest absolute Gasteiger partial charge is 0.416 e. The van der Waals surface area contributed by atoms with Crippen molar-refractivity contribution in [3.63, 3.8) is 0 Å². The molecule has 2 aromatic carbocycles. The van der Waals surface area contributed by atoms with Crippen LogP contribution in [0.15, 0.2) is 48.5 Å². The molecule has 2 aromatic rings. The zero-order valence-electron chi connectivity index (χ0n) is 9.84. The van der Waals surface area contributed by atoms with Gasteiger partial charge in [-0.2, -0.15) is 13.2 Å². The van der Waals surface area contributed by atoms with E-state index in [-0.39, 0.29) is 5.82 Å². The van der Waals surface area contributed by atoms with Crippen LogP contribution >= 0.6 is 0 Å². The second-order valence-corrected chi connectivity index (χ2v) is 4.06. The van der Waals surface area contributed by atoms with Crippen molar-refractivity contribution in [1.29, 1.82) is 0 Å². The van der Waals surface area contributed by atoms with Crippen LogP contribution in [0.2, 0.25) is 0 Å². The Kier molecular flexibility index (Phi) is 3.74. The Morgan fingerprint density at radius 1 is 0.842 bits per heavy atom. The molecule has 19 heavy (non-hydrogen) atoms. The number of nitrogens with one attached hydrogen (secondary N) is 1. The second-order valence-electron chi connectivity index (χ2n) is 4.06. The maximum Gasteiger partial charge on any atom is 0.416 e. The van der Waals surface area contributed by atoms with Crippen LogP contribution in [0.3, 0.4) is 0 Å². The molecule has 0 spiro atoms. The van der Waals surface area contributed by atoms with Gasteiger partial charge >= 0.3 is 6.18 Å². The smallest absolute Gasteiger partial charge is 0.381 e. The zero-order chi connectivity index (χ0) is 13.9. The van der Waals surface area contributed by atoms with Crippen LogP contribution in [-0.4, -0.2) is 0 Å². The SMILES string of the molecule is Fc1ccc(NCc2ccc(C(F)(F)F)cc2)cc1. The quantitative estimate of drug-likeness (QED) is 0.811. The Labute approximate surface area is 107 Å². The van der Waals surface area contributed by atoms with Gasteiger partial charge in [-0.05, 0) is 42.0 Å². The van der Waals surface area contributed by atoms with Gasteiger partial charge in [0, 0.05) is 12.2 Å². The third-order valence-corrected chi connectivity index (χ3v) is 2.62. The molecule has 0 amide bonds. The van der Waals surface area contributed by atoms with Crippen LogP contribution in [0.25, 0.3) is 0 Å². The number of rotatable bonds is 3. The van der Waals surface area contributed by atoms with E-state index in [9.17, 15) is 17.6 Å². The molecule has 5 heteroatoms. The Bertz CT molecular complexity index is 529. The van der Waals surface area contributed by atoms with Gasteiger partial charge in [0.05, 0.1) is 5.56 Å². The summed E-state index contributed by atoms with van der Waals surface area (Å²) in [5.41, 5.74) is 0.761. The van der Waals surface area contributed by atoms with Crippen molar-refractivity contribution in [2.45, 2.75) is 12.7 Å². The molecule has 0 aromatic heterocycles. The van der Waals surface area contributed by atoms with Gasteiger partial charge in [0.15, 0.2) is 0 Å². The summed E-state index contributed by atoms with van der Waals surface area (Å²) in [7, 11) is 0. The molecular formula is C14H11F4N. The van der Waals surface area contributed by atoms with Crippen LogP contribution in [0.1, 0.15) is 11.1 Å². The first kappa shape index (κ1) is 13.4. The van der Waals surface area contributed by atoms with Gasteiger partial charge < -0.3 is 5.32 Å². The van der Waals surface area contributed by atoms with Gasteiger partial charge in [-0.15, -0.1) is 0 Å². The predicted octanol–water partition coefficient (Wildman–Crippen LogP) is 4.46. The van der Waals surface area contributed by atoms with Crippen molar-refractivity contribution >= 4 is 5.69 Å². The number of anilines is 1. The highest BCUT2D eigenvalue weighted by Gasteiger charge is 2.29. The lowest BCUT2D eigenvalue weighted by Gasteiger charge is -2.09. The minimum absolute atomic E-state index is 0.333. The Hall–Kier alpha value is -2.04. The van der Waals surface area contributed by atoms with Gasteiger partial charge in [-0.3, -0.25) is 0 Å². The lowest BCUT2D eigenvalue weighted by atomic mass is 10.1. The van der Waals surface area contributed by atoms with Crippen LogP contribution in [0.4, 0.5) is 23.2 Å². The molecule has 1 nitrogen and oxygen atoms in total. The summed E-state index contributed by atoms with van der Waals surface area (Å²) in [5.74, 6) is -0.333. The maximum atomic E-state index is 12.7. The number of alkyl halides is 3. The Balaban J connectivity index is 1.98. The van der Waals surface area contributed by atoms with Crippen molar-refractivity contribution in [3.8, 4) is 0 Å². The summed E-state index contributed by atoms with van der Waals surface area (Å²) in [6.45, 7) is 0.379. The molecule has 0 radical (unpaired) electrons. The van der Waals surface area contributed by atoms with Crippen LogP contribution in [0, 0.1) is 5.82 Å². The first-order valence-electron chi connectivity index (χ1n) is 5.61. The monoisotopic (exact) mass is 269 g/mol. The van der Waals surface area contributed by atoms with Crippen molar-refractivity contribution < 1.29 is 17.6 Å². The topological polar surface area (TPSA) is 12.0 Å². The summed E-state index contributed by atoms with van der Waals surface area (Å²) >= 11 is 0. The van der Waals surface area contributed by atoms with Gasteiger partial charge in [-0.25, -0.2) is 4.39 Å². The van der Waals surface area contributed by atoms with E-state index in [0.717, 1.165) is 17.7 Å². The summed E-state index contributed by atoms with van der Waals surface area (Å²) in [5, 5.41) is 3.00. The maximum absolute atomic E-state index is 12.7. The average molecular weight is 269 g/mol. The van der Waals surface area contributed by atoms with E-state index in [4.69, 9.17) is 0 Å². The van der Waals surface area contributed by atoms with Crippen molar-refractivity contribution in [3.05, 3.63) is 65.5 Å². The van der Waals surface area contributed by atoms with E-state index in [0.29, 0.717) is 12.2 Å². The van der Waals surface area contributed by atoms with E-state index < -0.39 is 11.7 Å². The van der Waals surface area contributed by atoms with Gasteiger partial charge in [0.2, 0.25) is 0 Å². The molecule has 1 N–H and O–H groups in total. The van der Waals surface area contributed by atoms with E-state index in [1.54, 1.807) is 12.1 Å². The summed E-state index contributed by atoms with van der Waals surface area (Å²) in [6.07, 6.45) is -4.32. The third-order valence-electron chi connectivity index (χ3n) is 2.62. The first-order chi connectivity index (χ1) is 8.95. The highest BCUT2D eigenvalue weighted by molar-refractivity contribution is 5.43. The van der Waals surface area contributed by atoms with Gasteiger partial charge in [-0.1, -0.05) is 12.1 Å². The third kappa shape index (κ3) is 3.71. The number of halogens is 4. The van der Waals surface area contributed by atoms with Crippen LogP contribution < -0.4 is 5.32 Å². The fourth-order valence-corrected chi connectivity index (χ4v) is 1.58. The second kappa shape index (κ2) is 5.30. The molecule has 0 aliphatic rings. The predicted molar refractivity (Wildman–Crippen MR) is 65.2 cm³/mol. The highest BCUT2D eigenvalue weighted by atomic mass is 19.4. The summed E-state index contributed by atoms with van der Waals surface area (Å²) < 4.78 is 49.7. The molecule has 0 unspecified atom stereocenters. The Morgan fingerprint density at radius 3 is 1.95 bits per heavy atom. The van der Waals surface area contributed by atoms with Gasteiger partial charge in [0.25, 0.3) is 0 Å². The van der Waals surface area contributed by atoms with Crippen molar-refractivity contribution in [2.24, 2.45) is 0 Å². The average Bonchev–Trinajstić information content (AvgIpc) is 2.37. The molecule has 0 atom stereocenters. The zero-order valence-corrected chi connectivity index (χ0v) is 9.84. The molecule has 0 aliphatic heterocycles.